The van der Waals surface area contributed by atoms with Gasteiger partial charge in [0.25, 0.3) is 5.78 Å². The van der Waals surface area contributed by atoms with E-state index in [0.29, 0.717) is 35.9 Å². The van der Waals surface area contributed by atoms with E-state index >= 15 is 0 Å². The summed E-state index contributed by atoms with van der Waals surface area (Å²) in [5.41, 5.74) is 1.22. The summed E-state index contributed by atoms with van der Waals surface area (Å²) < 4.78 is 1.77. The standard InChI is InChI=1S/C24H28N8OS/c1-3-25-21-27-22(26-4-2)32-23(28-21)29-30-24(32)34-15-20(33)31-14-8-13-19(31)18-12-7-10-16-9-5-6-11-17(16)18/h5-7,9-12,19H,3-4,8,13-15H2,1-2H3,(H2,25,26,27,28,29). The molecule has 0 bridgehead atoms. The van der Waals surface area contributed by atoms with Crippen LogP contribution in [0.2, 0.25) is 0 Å². The lowest BCUT2D eigenvalue weighted by Gasteiger charge is -2.26. The molecule has 2 aromatic carbocycles. The first-order valence-electron chi connectivity index (χ1n) is 11.7. The number of hydrogen-bond acceptors (Lipinski definition) is 8. The summed E-state index contributed by atoms with van der Waals surface area (Å²) in [6.45, 7) is 6.16. The van der Waals surface area contributed by atoms with Crippen LogP contribution in [0.5, 0.6) is 0 Å². The zero-order valence-corrected chi connectivity index (χ0v) is 20.2. The molecule has 0 saturated carbocycles. The van der Waals surface area contributed by atoms with Gasteiger partial charge in [0.1, 0.15) is 0 Å². The van der Waals surface area contributed by atoms with E-state index < -0.39 is 0 Å². The second-order valence-corrected chi connectivity index (χ2v) is 9.09. The highest BCUT2D eigenvalue weighted by Crippen LogP contribution is 2.36. The minimum Gasteiger partial charge on any atom is -0.355 e. The fourth-order valence-corrected chi connectivity index (χ4v) is 5.35. The van der Waals surface area contributed by atoms with E-state index in [1.165, 1.54) is 28.1 Å². The fourth-order valence-electron chi connectivity index (χ4n) is 4.54. The molecule has 1 atom stereocenters. The summed E-state index contributed by atoms with van der Waals surface area (Å²) in [5, 5.41) is 17.9. The highest BCUT2D eigenvalue weighted by Gasteiger charge is 2.31. The van der Waals surface area contributed by atoms with Gasteiger partial charge >= 0.3 is 0 Å². The van der Waals surface area contributed by atoms with Crippen LogP contribution in [0.4, 0.5) is 11.9 Å². The Kier molecular flexibility index (Phi) is 6.48. The monoisotopic (exact) mass is 476 g/mol. The van der Waals surface area contributed by atoms with E-state index in [0.717, 1.165) is 19.4 Å². The third-order valence-corrected chi connectivity index (χ3v) is 6.91. The Morgan fingerprint density at radius 2 is 1.88 bits per heavy atom. The van der Waals surface area contributed by atoms with Crippen LogP contribution in [0.3, 0.4) is 0 Å². The summed E-state index contributed by atoms with van der Waals surface area (Å²) in [6.07, 6.45) is 1.98. The average Bonchev–Trinajstić information content (AvgIpc) is 3.50. The van der Waals surface area contributed by atoms with Crippen LogP contribution in [0.1, 0.15) is 38.3 Å². The molecule has 0 spiro atoms. The first kappa shape index (κ1) is 22.4. The molecule has 2 N–H and O–H groups in total. The van der Waals surface area contributed by atoms with Crippen molar-refractivity contribution in [1.82, 2.24) is 29.5 Å². The van der Waals surface area contributed by atoms with E-state index in [4.69, 9.17) is 0 Å². The summed E-state index contributed by atoms with van der Waals surface area (Å²) in [4.78, 5) is 24.3. The number of nitrogens with zero attached hydrogens (tertiary/aromatic N) is 6. The normalized spacial score (nSPS) is 15.8. The number of hydrogen-bond donors (Lipinski definition) is 2. The number of nitrogens with one attached hydrogen (secondary N) is 2. The van der Waals surface area contributed by atoms with Crippen molar-refractivity contribution in [2.45, 2.75) is 37.9 Å². The molecule has 1 unspecified atom stereocenters. The predicted molar refractivity (Wildman–Crippen MR) is 135 cm³/mol. The summed E-state index contributed by atoms with van der Waals surface area (Å²) in [7, 11) is 0. The number of fused-ring (bicyclic) bond motifs is 2. The van der Waals surface area contributed by atoms with Crippen LogP contribution in [0, 0.1) is 0 Å². The smallest absolute Gasteiger partial charge is 0.261 e. The number of thioether (sulfide) groups is 1. The number of anilines is 2. The van der Waals surface area contributed by atoms with Crippen molar-refractivity contribution in [3.63, 3.8) is 0 Å². The summed E-state index contributed by atoms with van der Waals surface area (Å²) in [5.74, 6) is 1.95. The van der Waals surface area contributed by atoms with Crippen LogP contribution in [0.25, 0.3) is 16.6 Å². The maximum absolute atomic E-state index is 13.3. The second-order valence-electron chi connectivity index (χ2n) is 8.15. The van der Waals surface area contributed by atoms with Crippen LogP contribution >= 0.6 is 11.8 Å². The minimum absolute atomic E-state index is 0.0951. The molecular weight excluding hydrogens is 448 g/mol. The van der Waals surface area contributed by atoms with Gasteiger partial charge in [-0.2, -0.15) is 9.97 Å². The summed E-state index contributed by atoms with van der Waals surface area (Å²) >= 11 is 1.37. The molecule has 176 valence electrons. The third kappa shape index (κ3) is 4.25. The van der Waals surface area contributed by atoms with Crippen molar-refractivity contribution >= 4 is 46.1 Å². The molecule has 1 aliphatic rings. The van der Waals surface area contributed by atoms with E-state index in [-0.39, 0.29) is 17.7 Å². The molecule has 1 saturated heterocycles. The van der Waals surface area contributed by atoms with Gasteiger partial charge in [0.15, 0.2) is 5.16 Å². The van der Waals surface area contributed by atoms with Gasteiger partial charge in [0, 0.05) is 19.6 Å². The maximum atomic E-state index is 13.3. The van der Waals surface area contributed by atoms with Crippen LogP contribution in [-0.4, -0.2) is 60.8 Å². The fraction of sp³-hybridized carbons (Fsp3) is 0.375. The van der Waals surface area contributed by atoms with Gasteiger partial charge in [-0.3, -0.25) is 4.79 Å². The Hall–Kier alpha value is -3.40. The molecule has 9 nitrogen and oxygen atoms in total. The number of aromatic nitrogens is 5. The first-order valence-corrected chi connectivity index (χ1v) is 12.7. The van der Waals surface area contributed by atoms with Crippen molar-refractivity contribution in [2.24, 2.45) is 0 Å². The lowest BCUT2D eigenvalue weighted by molar-refractivity contribution is -0.129. The third-order valence-electron chi connectivity index (χ3n) is 6.00. The molecular formula is C24H28N8OS. The quantitative estimate of drug-likeness (QED) is 0.368. The number of amides is 1. The van der Waals surface area contributed by atoms with Crippen molar-refractivity contribution < 1.29 is 4.79 Å². The van der Waals surface area contributed by atoms with Crippen LogP contribution in [-0.2, 0) is 4.79 Å². The molecule has 2 aromatic heterocycles. The van der Waals surface area contributed by atoms with Gasteiger partial charge in [-0.05, 0) is 43.0 Å². The van der Waals surface area contributed by atoms with E-state index in [9.17, 15) is 4.79 Å². The minimum atomic E-state index is 0.0951. The largest absolute Gasteiger partial charge is 0.355 e. The Morgan fingerprint density at radius 3 is 2.74 bits per heavy atom. The van der Waals surface area contributed by atoms with E-state index in [1.54, 1.807) is 4.40 Å². The highest BCUT2D eigenvalue weighted by atomic mass is 32.2. The van der Waals surface area contributed by atoms with E-state index in [1.807, 2.05) is 18.7 Å². The van der Waals surface area contributed by atoms with Crippen molar-refractivity contribution in [3.8, 4) is 0 Å². The molecule has 0 aliphatic carbocycles. The molecule has 4 aromatic rings. The molecule has 3 heterocycles. The van der Waals surface area contributed by atoms with Crippen molar-refractivity contribution in [1.29, 1.82) is 0 Å². The van der Waals surface area contributed by atoms with Gasteiger partial charge in [-0.25, -0.2) is 4.40 Å². The molecule has 5 rings (SSSR count). The zero-order valence-electron chi connectivity index (χ0n) is 19.4. The highest BCUT2D eigenvalue weighted by molar-refractivity contribution is 7.99. The lowest BCUT2D eigenvalue weighted by atomic mass is 9.97. The molecule has 34 heavy (non-hydrogen) atoms. The molecule has 1 fully saturated rings. The Morgan fingerprint density at radius 1 is 1.06 bits per heavy atom. The number of likely N-dealkylation sites (tertiary alicyclic amines) is 1. The Balaban J connectivity index is 1.36. The average molecular weight is 477 g/mol. The number of benzene rings is 2. The lowest BCUT2D eigenvalue weighted by Crippen LogP contribution is -2.32. The van der Waals surface area contributed by atoms with E-state index in [2.05, 4.69) is 73.3 Å². The van der Waals surface area contributed by atoms with Gasteiger partial charge in [0.2, 0.25) is 17.8 Å². The Labute approximate surface area is 202 Å². The molecule has 0 radical (unpaired) electrons. The SMILES string of the molecule is CCNc1nc(NCC)n2c(SCC(=O)N3CCCC3c3cccc4ccccc34)nnc2n1. The zero-order chi connectivity index (χ0) is 23.5. The van der Waals surface area contributed by atoms with Crippen LogP contribution in [0.15, 0.2) is 47.6 Å². The van der Waals surface area contributed by atoms with Gasteiger partial charge in [-0.15, -0.1) is 10.2 Å². The number of rotatable bonds is 8. The molecule has 1 aliphatic heterocycles. The first-order chi connectivity index (χ1) is 16.7. The number of carbonyl (C=O) groups is 1. The van der Waals surface area contributed by atoms with Crippen LogP contribution < -0.4 is 10.6 Å². The van der Waals surface area contributed by atoms with Gasteiger partial charge in [0.05, 0.1) is 11.8 Å². The molecule has 1 amide bonds. The van der Waals surface area contributed by atoms with Gasteiger partial charge in [-0.1, -0.05) is 54.2 Å². The molecule has 10 heteroatoms. The van der Waals surface area contributed by atoms with Gasteiger partial charge < -0.3 is 15.5 Å². The predicted octanol–water partition coefficient (Wildman–Crippen LogP) is 3.99. The topological polar surface area (TPSA) is 100 Å². The Bertz CT molecular complexity index is 1320. The number of carbonyl (C=O) groups excluding carboxylic acids is 1. The maximum Gasteiger partial charge on any atom is 0.261 e. The second kappa shape index (κ2) is 9.84. The summed E-state index contributed by atoms with van der Waals surface area (Å²) in [6, 6.07) is 14.8. The van der Waals surface area contributed by atoms with Crippen molar-refractivity contribution in [2.75, 3.05) is 36.0 Å². The van der Waals surface area contributed by atoms with Crippen molar-refractivity contribution in [3.05, 3.63) is 48.0 Å².